The molecule has 88 valence electrons. The minimum absolute atomic E-state index is 0.147. The SMILES string of the molecule is Cc1ccsc1CNC(=O)C1CCOCC1. The first-order valence-corrected chi connectivity index (χ1v) is 6.54. The second kappa shape index (κ2) is 5.46. The quantitative estimate of drug-likeness (QED) is 0.877. The zero-order valence-electron chi connectivity index (χ0n) is 9.49. The lowest BCUT2D eigenvalue weighted by molar-refractivity contribution is -0.128. The van der Waals surface area contributed by atoms with Gasteiger partial charge in [0, 0.05) is 24.0 Å². The number of carbonyl (C=O) groups is 1. The number of ether oxygens (including phenoxy) is 1. The lowest BCUT2D eigenvalue weighted by atomic mass is 9.99. The second-order valence-corrected chi connectivity index (χ2v) is 5.13. The van der Waals surface area contributed by atoms with Crippen LogP contribution in [0.5, 0.6) is 0 Å². The van der Waals surface area contributed by atoms with E-state index < -0.39 is 0 Å². The van der Waals surface area contributed by atoms with E-state index >= 15 is 0 Å². The lowest BCUT2D eigenvalue weighted by Gasteiger charge is -2.21. The van der Waals surface area contributed by atoms with Crippen molar-refractivity contribution < 1.29 is 9.53 Å². The van der Waals surface area contributed by atoms with E-state index in [1.165, 1.54) is 10.4 Å². The lowest BCUT2D eigenvalue weighted by Crippen LogP contribution is -2.33. The number of amides is 1. The summed E-state index contributed by atoms with van der Waals surface area (Å²) in [6.07, 6.45) is 1.71. The van der Waals surface area contributed by atoms with E-state index in [-0.39, 0.29) is 11.8 Å². The first-order valence-electron chi connectivity index (χ1n) is 5.66. The van der Waals surface area contributed by atoms with E-state index in [0.717, 1.165) is 26.1 Å². The molecule has 1 fully saturated rings. The molecule has 0 unspecified atom stereocenters. The molecular formula is C12H17NO2S. The standard InChI is InChI=1S/C12H17NO2S/c1-9-4-7-16-11(9)8-13-12(14)10-2-5-15-6-3-10/h4,7,10H,2-3,5-6,8H2,1H3,(H,13,14). The Hall–Kier alpha value is -0.870. The molecule has 2 heterocycles. The molecule has 2 rings (SSSR count). The van der Waals surface area contributed by atoms with E-state index in [4.69, 9.17) is 4.74 Å². The fraction of sp³-hybridized carbons (Fsp3) is 0.583. The number of aryl methyl sites for hydroxylation is 1. The Morgan fingerprint density at radius 2 is 2.31 bits per heavy atom. The number of rotatable bonds is 3. The van der Waals surface area contributed by atoms with Gasteiger partial charge in [-0.1, -0.05) is 0 Å². The van der Waals surface area contributed by atoms with Gasteiger partial charge in [-0.25, -0.2) is 0 Å². The summed E-state index contributed by atoms with van der Waals surface area (Å²) in [5.41, 5.74) is 1.26. The van der Waals surface area contributed by atoms with Gasteiger partial charge in [0.25, 0.3) is 0 Å². The van der Waals surface area contributed by atoms with Gasteiger partial charge in [0.1, 0.15) is 0 Å². The Labute approximate surface area is 99.8 Å². The first kappa shape index (κ1) is 11.6. The number of hydrogen-bond acceptors (Lipinski definition) is 3. The zero-order chi connectivity index (χ0) is 11.4. The molecule has 0 aliphatic carbocycles. The maximum absolute atomic E-state index is 11.8. The Balaban J connectivity index is 1.81. The molecule has 1 aromatic rings. The highest BCUT2D eigenvalue weighted by Crippen LogP contribution is 2.17. The number of thiophene rings is 1. The van der Waals surface area contributed by atoms with Gasteiger partial charge in [-0.3, -0.25) is 4.79 Å². The van der Waals surface area contributed by atoms with Gasteiger partial charge in [0.2, 0.25) is 5.91 Å². The molecule has 1 N–H and O–H groups in total. The van der Waals surface area contributed by atoms with Crippen LogP contribution in [0.25, 0.3) is 0 Å². The van der Waals surface area contributed by atoms with Gasteiger partial charge in [-0.15, -0.1) is 11.3 Å². The van der Waals surface area contributed by atoms with Crippen molar-refractivity contribution in [3.05, 3.63) is 21.9 Å². The molecule has 1 aliphatic heterocycles. The molecule has 1 saturated heterocycles. The fourth-order valence-corrected chi connectivity index (χ4v) is 2.70. The zero-order valence-corrected chi connectivity index (χ0v) is 10.3. The van der Waals surface area contributed by atoms with Crippen molar-refractivity contribution in [1.29, 1.82) is 0 Å². The fourth-order valence-electron chi connectivity index (χ4n) is 1.86. The van der Waals surface area contributed by atoms with E-state index in [1.54, 1.807) is 11.3 Å². The van der Waals surface area contributed by atoms with Crippen LogP contribution in [0, 0.1) is 12.8 Å². The Morgan fingerprint density at radius 1 is 1.56 bits per heavy atom. The van der Waals surface area contributed by atoms with Crippen LogP contribution in [0.3, 0.4) is 0 Å². The van der Waals surface area contributed by atoms with Crippen molar-refractivity contribution in [3.63, 3.8) is 0 Å². The minimum atomic E-state index is 0.147. The smallest absolute Gasteiger partial charge is 0.223 e. The van der Waals surface area contributed by atoms with E-state index in [0.29, 0.717) is 6.54 Å². The Kier molecular flexibility index (Phi) is 3.96. The molecule has 0 atom stereocenters. The van der Waals surface area contributed by atoms with E-state index in [1.807, 2.05) is 0 Å². The van der Waals surface area contributed by atoms with E-state index in [2.05, 4.69) is 23.7 Å². The molecule has 0 radical (unpaired) electrons. The summed E-state index contributed by atoms with van der Waals surface area (Å²) >= 11 is 1.70. The monoisotopic (exact) mass is 239 g/mol. The summed E-state index contributed by atoms with van der Waals surface area (Å²) in [5, 5.41) is 5.07. The second-order valence-electron chi connectivity index (χ2n) is 4.13. The largest absolute Gasteiger partial charge is 0.381 e. The predicted octanol–water partition coefficient (Wildman–Crippen LogP) is 2.10. The topological polar surface area (TPSA) is 38.3 Å². The molecule has 1 amide bonds. The van der Waals surface area contributed by atoms with Gasteiger partial charge in [-0.2, -0.15) is 0 Å². The van der Waals surface area contributed by atoms with Crippen LogP contribution in [-0.2, 0) is 16.1 Å². The summed E-state index contributed by atoms with van der Waals surface area (Å²) in [6, 6.07) is 2.08. The van der Waals surface area contributed by atoms with Gasteiger partial charge in [0.05, 0.1) is 6.54 Å². The third kappa shape index (κ3) is 2.83. The summed E-state index contributed by atoms with van der Waals surface area (Å²) in [6.45, 7) is 4.18. The third-order valence-corrected chi connectivity index (χ3v) is 4.01. The summed E-state index contributed by atoms with van der Waals surface area (Å²) in [7, 11) is 0. The Morgan fingerprint density at radius 3 is 2.94 bits per heavy atom. The first-order chi connectivity index (χ1) is 7.77. The van der Waals surface area contributed by atoms with Crippen molar-refractivity contribution in [2.24, 2.45) is 5.92 Å². The van der Waals surface area contributed by atoms with Crippen LogP contribution < -0.4 is 5.32 Å². The van der Waals surface area contributed by atoms with Crippen molar-refractivity contribution >= 4 is 17.2 Å². The normalized spacial score (nSPS) is 17.3. The van der Waals surface area contributed by atoms with Gasteiger partial charge in [-0.05, 0) is 36.8 Å². The van der Waals surface area contributed by atoms with Crippen LogP contribution in [0.4, 0.5) is 0 Å². The molecule has 0 spiro atoms. The van der Waals surface area contributed by atoms with Crippen LogP contribution in [0.2, 0.25) is 0 Å². The molecule has 0 bridgehead atoms. The molecule has 0 saturated carbocycles. The Bertz CT molecular complexity index is 356. The highest BCUT2D eigenvalue weighted by Gasteiger charge is 2.21. The molecule has 1 aliphatic rings. The third-order valence-electron chi connectivity index (χ3n) is 2.98. The summed E-state index contributed by atoms with van der Waals surface area (Å²) < 4.78 is 5.24. The van der Waals surface area contributed by atoms with Gasteiger partial charge < -0.3 is 10.1 Å². The van der Waals surface area contributed by atoms with Crippen molar-refractivity contribution in [3.8, 4) is 0 Å². The van der Waals surface area contributed by atoms with Crippen LogP contribution in [0.15, 0.2) is 11.4 Å². The highest BCUT2D eigenvalue weighted by atomic mass is 32.1. The highest BCUT2D eigenvalue weighted by molar-refractivity contribution is 7.10. The van der Waals surface area contributed by atoms with Crippen LogP contribution in [-0.4, -0.2) is 19.1 Å². The maximum Gasteiger partial charge on any atom is 0.223 e. The number of carbonyl (C=O) groups excluding carboxylic acids is 1. The molecular weight excluding hydrogens is 222 g/mol. The molecule has 0 aromatic carbocycles. The molecule has 4 heteroatoms. The van der Waals surface area contributed by atoms with Crippen LogP contribution in [0.1, 0.15) is 23.3 Å². The molecule has 16 heavy (non-hydrogen) atoms. The average Bonchev–Trinajstić information content (AvgIpc) is 2.73. The minimum Gasteiger partial charge on any atom is -0.381 e. The predicted molar refractivity (Wildman–Crippen MR) is 64.4 cm³/mol. The van der Waals surface area contributed by atoms with Crippen molar-refractivity contribution in [2.75, 3.05) is 13.2 Å². The summed E-state index contributed by atoms with van der Waals surface area (Å²) in [4.78, 5) is 13.1. The van der Waals surface area contributed by atoms with Gasteiger partial charge in [0.15, 0.2) is 0 Å². The molecule has 1 aromatic heterocycles. The van der Waals surface area contributed by atoms with Crippen molar-refractivity contribution in [1.82, 2.24) is 5.32 Å². The number of nitrogens with one attached hydrogen (secondary N) is 1. The average molecular weight is 239 g/mol. The van der Waals surface area contributed by atoms with Gasteiger partial charge >= 0.3 is 0 Å². The number of hydrogen-bond donors (Lipinski definition) is 1. The summed E-state index contributed by atoms with van der Waals surface area (Å²) in [5.74, 6) is 0.324. The maximum atomic E-state index is 11.8. The van der Waals surface area contributed by atoms with E-state index in [9.17, 15) is 4.79 Å². The van der Waals surface area contributed by atoms with Crippen molar-refractivity contribution in [2.45, 2.75) is 26.3 Å². The molecule has 3 nitrogen and oxygen atoms in total. The van der Waals surface area contributed by atoms with Crippen LogP contribution >= 0.6 is 11.3 Å².